The molecule has 0 radical (unpaired) electrons. The molecule has 1 saturated carbocycles. The Morgan fingerprint density at radius 2 is 1.90 bits per heavy atom. The highest BCUT2D eigenvalue weighted by atomic mass is 35.5. The second-order valence-corrected chi connectivity index (χ2v) is 5.90. The van der Waals surface area contributed by atoms with Crippen LogP contribution >= 0.6 is 23.2 Å². The number of carbonyl (C=O) groups is 2. The monoisotopic (exact) mass is 330 g/mol. The lowest BCUT2D eigenvalue weighted by molar-refractivity contribution is -0.143. The number of urea groups is 1. The van der Waals surface area contributed by atoms with Gasteiger partial charge >= 0.3 is 12.0 Å². The van der Waals surface area contributed by atoms with E-state index < -0.39 is 17.9 Å². The van der Waals surface area contributed by atoms with E-state index in [-0.39, 0.29) is 6.04 Å². The van der Waals surface area contributed by atoms with Crippen LogP contribution in [0.5, 0.6) is 0 Å². The van der Waals surface area contributed by atoms with E-state index >= 15 is 0 Å². The Kier molecular flexibility index (Phi) is 5.31. The third-order valence-electron chi connectivity index (χ3n) is 3.58. The van der Waals surface area contributed by atoms with Gasteiger partial charge in [0, 0.05) is 11.1 Å². The molecule has 21 heavy (non-hydrogen) atoms. The summed E-state index contributed by atoms with van der Waals surface area (Å²) in [6.45, 7) is 0. The molecule has 1 fully saturated rings. The van der Waals surface area contributed by atoms with Crippen molar-refractivity contribution >= 4 is 40.9 Å². The maximum Gasteiger partial charge on any atom is 0.319 e. The second-order valence-electron chi connectivity index (χ2n) is 5.06. The highest BCUT2D eigenvalue weighted by molar-refractivity contribution is 6.35. The molecule has 1 aromatic rings. The number of halogens is 2. The van der Waals surface area contributed by atoms with E-state index in [1.807, 2.05) is 0 Å². The maximum absolute atomic E-state index is 12.0. The van der Waals surface area contributed by atoms with E-state index in [0.717, 1.165) is 12.8 Å². The first kappa shape index (κ1) is 15.9. The van der Waals surface area contributed by atoms with Crippen LogP contribution in [0.2, 0.25) is 10.0 Å². The highest BCUT2D eigenvalue weighted by Gasteiger charge is 2.31. The van der Waals surface area contributed by atoms with Crippen LogP contribution in [0.25, 0.3) is 0 Å². The molecule has 1 aliphatic carbocycles. The molecular weight excluding hydrogens is 315 g/mol. The molecule has 7 heteroatoms. The summed E-state index contributed by atoms with van der Waals surface area (Å²) in [5.41, 5.74) is 0.393. The Morgan fingerprint density at radius 3 is 2.62 bits per heavy atom. The van der Waals surface area contributed by atoms with Crippen molar-refractivity contribution in [1.29, 1.82) is 0 Å². The first-order valence-corrected chi connectivity index (χ1v) is 7.48. The van der Waals surface area contributed by atoms with Crippen molar-refractivity contribution in [2.45, 2.75) is 31.7 Å². The summed E-state index contributed by atoms with van der Waals surface area (Å²) in [6, 6.07) is 3.90. The summed E-state index contributed by atoms with van der Waals surface area (Å²) >= 11 is 11.8. The van der Waals surface area contributed by atoms with Gasteiger partial charge in [-0.15, -0.1) is 0 Å². The lowest BCUT2D eigenvalue weighted by atomic mass is 9.84. The molecule has 0 heterocycles. The SMILES string of the molecule is O=C(Nc1cc(Cl)ccc1Cl)NC1CCCCC1C(=O)O. The standard InChI is InChI=1S/C14H16Cl2N2O3/c15-8-5-6-10(16)12(7-8)18-14(21)17-11-4-2-1-3-9(11)13(19)20/h5-7,9,11H,1-4H2,(H,19,20)(H2,17,18,21). The zero-order chi connectivity index (χ0) is 15.4. The van der Waals surface area contributed by atoms with Crippen molar-refractivity contribution in [1.82, 2.24) is 5.32 Å². The van der Waals surface area contributed by atoms with Crippen molar-refractivity contribution in [2.24, 2.45) is 5.92 Å². The zero-order valence-corrected chi connectivity index (χ0v) is 12.7. The summed E-state index contributed by atoms with van der Waals surface area (Å²) in [4.78, 5) is 23.2. The molecule has 0 aliphatic heterocycles. The van der Waals surface area contributed by atoms with Gasteiger partial charge in [-0.3, -0.25) is 4.79 Å². The van der Waals surface area contributed by atoms with E-state index in [1.165, 1.54) is 0 Å². The fourth-order valence-corrected chi connectivity index (χ4v) is 2.86. The normalized spacial score (nSPS) is 21.6. The Bertz CT molecular complexity index is 551. The van der Waals surface area contributed by atoms with Gasteiger partial charge in [-0.25, -0.2) is 4.79 Å². The van der Waals surface area contributed by atoms with Crippen LogP contribution in [0, 0.1) is 5.92 Å². The third-order valence-corrected chi connectivity index (χ3v) is 4.14. The molecule has 1 aromatic carbocycles. The number of aliphatic carboxylic acids is 1. The lowest BCUT2D eigenvalue weighted by Gasteiger charge is -2.29. The molecule has 0 saturated heterocycles. The first-order valence-electron chi connectivity index (χ1n) is 6.73. The van der Waals surface area contributed by atoms with Gasteiger partial charge in [-0.1, -0.05) is 36.0 Å². The maximum atomic E-state index is 12.0. The summed E-state index contributed by atoms with van der Waals surface area (Å²) in [5, 5.41) is 15.3. The smallest absolute Gasteiger partial charge is 0.319 e. The summed E-state index contributed by atoms with van der Waals surface area (Å²) in [5.74, 6) is -1.42. The minimum atomic E-state index is -0.874. The molecule has 5 nitrogen and oxygen atoms in total. The molecule has 2 rings (SSSR count). The van der Waals surface area contributed by atoms with Crippen LogP contribution in [0.1, 0.15) is 25.7 Å². The number of carboxylic acids is 1. The fraction of sp³-hybridized carbons (Fsp3) is 0.429. The summed E-state index contributed by atoms with van der Waals surface area (Å²) in [6.07, 6.45) is 3.02. The number of carboxylic acid groups (broad SMARTS) is 1. The van der Waals surface area contributed by atoms with Gasteiger partial charge in [-0.2, -0.15) is 0 Å². The summed E-state index contributed by atoms with van der Waals surface area (Å²) < 4.78 is 0. The van der Waals surface area contributed by atoms with Crippen molar-refractivity contribution in [3.8, 4) is 0 Å². The van der Waals surface area contributed by atoms with Gasteiger partial charge < -0.3 is 15.7 Å². The number of amides is 2. The van der Waals surface area contributed by atoms with Crippen molar-refractivity contribution in [3.63, 3.8) is 0 Å². The Morgan fingerprint density at radius 1 is 1.19 bits per heavy atom. The predicted octanol–water partition coefficient (Wildman–Crippen LogP) is 3.76. The van der Waals surface area contributed by atoms with E-state index in [9.17, 15) is 14.7 Å². The number of hydrogen-bond acceptors (Lipinski definition) is 2. The number of carbonyl (C=O) groups excluding carboxylic acids is 1. The number of rotatable bonds is 3. The van der Waals surface area contributed by atoms with Gasteiger partial charge in [0.05, 0.1) is 16.6 Å². The van der Waals surface area contributed by atoms with Crippen LogP contribution in [-0.2, 0) is 4.79 Å². The molecule has 0 aromatic heterocycles. The van der Waals surface area contributed by atoms with Crippen LogP contribution in [0.15, 0.2) is 18.2 Å². The van der Waals surface area contributed by atoms with Gasteiger partial charge in [0.1, 0.15) is 0 Å². The summed E-state index contributed by atoms with van der Waals surface area (Å²) in [7, 11) is 0. The topological polar surface area (TPSA) is 78.4 Å². The molecule has 0 spiro atoms. The quantitative estimate of drug-likeness (QED) is 0.789. The molecule has 0 bridgehead atoms. The van der Waals surface area contributed by atoms with Crippen LogP contribution in [0.3, 0.4) is 0 Å². The van der Waals surface area contributed by atoms with Crippen LogP contribution in [0.4, 0.5) is 10.5 Å². The third kappa shape index (κ3) is 4.25. The van der Waals surface area contributed by atoms with Crippen molar-refractivity contribution < 1.29 is 14.7 Å². The van der Waals surface area contributed by atoms with E-state index in [2.05, 4.69) is 10.6 Å². The van der Waals surface area contributed by atoms with Crippen LogP contribution < -0.4 is 10.6 Å². The second kappa shape index (κ2) is 7.00. The molecule has 1 aliphatic rings. The van der Waals surface area contributed by atoms with Crippen molar-refractivity contribution in [3.05, 3.63) is 28.2 Å². The Balaban J connectivity index is 2.00. The minimum absolute atomic E-state index is 0.366. The van der Waals surface area contributed by atoms with Gasteiger partial charge in [0.15, 0.2) is 0 Å². The largest absolute Gasteiger partial charge is 0.481 e. The average Bonchev–Trinajstić information content (AvgIpc) is 2.43. The molecule has 3 N–H and O–H groups in total. The molecule has 114 valence electrons. The predicted molar refractivity (Wildman–Crippen MR) is 82.0 cm³/mol. The lowest BCUT2D eigenvalue weighted by Crippen LogP contribution is -2.46. The number of hydrogen-bond donors (Lipinski definition) is 3. The van der Waals surface area contributed by atoms with Crippen LogP contribution in [-0.4, -0.2) is 23.1 Å². The minimum Gasteiger partial charge on any atom is -0.481 e. The number of benzene rings is 1. The van der Waals surface area contributed by atoms with Crippen molar-refractivity contribution in [2.75, 3.05) is 5.32 Å². The number of anilines is 1. The average molecular weight is 331 g/mol. The van der Waals surface area contributed by atoms with E-state index in [0.29, 0.717) is 28.6 Å². The molecular formula is C14H16Cl2N2O3. The first-order chi connectivity index (χ1) is 9.97. The number of nitrogens with one attached hydrogen (secondary N) is 2. The van der Waals surface area contributed by atoms with Gasteiger partial charge in [0.25, 0.3) is 0 Å². The molecule has 2 atom stereocenters. The van der Waals surface area contributed by atoms with Gasteiger partial charge in [-0.05, 0) is 31.0 Å². The molecule has 2 amide bonds. The van der Waals surface area contributed by atoms with Gasteiger partial charge in [0.2, 0.25) is 0 Å². The van der Waals surface area contributed by atoms with E-state index in [4.69, 9.17) is 23.2 Å². The van der Waals surface area contributed by atoms with E-state index in [1.54, 1.807) is 18.2 Å². The Labute approximate surface area is 132 Å². The Hall–Kier alpha value is -1.46. The zero-order valence-electron chi connectivity index (χ0n) is 11.2. The molecule has 2 unspecified atom stereocenters. The highest BCUT2D eigenvalue weighted by Crippen LogP contribution is 2.27. The fourth-order valence-electron chi connectivity index (χ4n) is 2.52.